The number of hydrogen-bond acceptors (Lipinski definition) is 8. The smallest absolute Gasteiger partial charge is 0.338 e. The van der Waals surface area contributed by atoms with Crippen LogP contribution in [0.15, 0.2) is 59.8 Å². The predicted octanol–water partition coefficient (Wildman–Crippen LogP) is 2.42. The van der Waals surface area contributed by atoms with Crippen molar-refractivity contribution in [3.05, 3.63) is 70.9 Å². The van der Waals surface area contributed by atoms with Crippen LogP contribution >= 0.6 is 0 Å². The summed E-state index contributed by atoms with van der Waals surface area (Å²) >= 11 is 0. The van der Waals surface area contributed by atoms with Crippen molar-refractivity contribution in [2.45, 2.75) is 19.6 Å². The quantitative estimate of drug-likeness (QED) is 0.636. The average Bonchev–Trinajstić information content (AvgIpc) is 3.20. The van der Waals surface area contributed by atoms with Crippen LogP contribution in [0.4, 0.5) is 5.95 Å². The van der Waals surface area contributed by atoms with Gasteiger partial charge in [0.2, 0.25) is 5.95 Å². The van der Waals surface area contributed by atoms with Crippen LogP contribution in [0.1, 0.15) is 24.1 Å². The molecule has 1 unspecified atom stereocenters. The van der Waals surface area contributed by atoms with Crippen LogP contribution in [-0.4, -0.2) is 38.4 Å². The molecular weight excluding hydrogens is 374 g/mol. The molecule has 0 saturated carbocycles. The highest BCUT2D eigenvalue weighted by Gasteiger charge is 2.35. The van der Waals surface area contributed by atoms with Crippen molar-refractivity contribution < 1.29 is 19.4 Å². The summed E-state index contributed by atoms with van der Waals surface area (Å²) < 4.78 is 12.3. The van der Waals surface area contributed by atoms with E-state index in [0.717, 1.165) is 5.56 Å². The number of allylic oxidation sites excluding steroid dienone is 1. The van der Waals surface area contributed by atoms with Crippen molar-refractivity contribution in [3.63, 3.8) is 0 Å². The SMILES string of the molecule is COc1cc(C2C(C(=O)OCc3ccccc3)=C(C)Nc3nnnn32)ccc1O. The van der Waals surface area contributed by atoms with Gasteiger partial charge in [0.1, 0.15) is 12.6 Å². The molecule has 148 valence electrons. The summed E-state index contributed by atoms with van der Waals surface area (Å²) in [6, 6.07) is 13.6. The molecule has 0 aliphatic carbocycles. The maximum absolute atomic E-state index is 13.0. The number of carbonyl (C=O) groups excluding carboxylic acids is 1. The Balaban J connectivity index is 1.71. The zero-order valence-corrected chi connectivity index (χ0v) is 15.9. The number of carbonyl (C=O) groups is 1. The van der Waals surface area contributed by atoms with E-state index >= 15 is 0 Å². The van der Waals surface area contributed by atoms with Crippen LogP contribution < -0.4 is 10.1 Å². The first-order valence-electron chi connectivity index (χ1n) is 8.92. The molecule has 0 spiro atoms. The second-order valence-electron chi connectivity index (χ2n) is 6.51. The van der Waals surface area contributed by atoms with Gasteiger partial charge in [-0.15, -0.1) is 0 Å². The molecule has 2 heterocycles. The van der Waals surface area contributed by atoms with E-state index < -0.39 is 12.0 Å². The second-order valence-corrected chi connectivity index (χ2v) is 6.51. The molecule has 2 aromatic carbocycles. The molecule has 1 aliphatic rings. The number of benzene rings is 2. The Morgan fingerprint density at radius 1 is 1.24 bits per heavy atom. The van der Waals surface area contributed by atoms with E-state index in [2.05, 4.69) is 20.8 Å². The van der Waals surface area contributed by atoms with Gasteiger partial charge in [-0.05, 0) is 40.6 Å². The number of rotatable bonds is 5. The van der Waals surface area contributed by atoms with Crippen molar-refractivity contribution in [2.24, 2.45) is 0 Å². The number of aromatic hydroxyl groups is 1. The van der Waals surface area contributed by atoms with Gasteiger partial charge in [-0.1, -0.05) is 41.5 Å². The zero-order chi connectivity index (χ0) is 20.4. The fourth-order valence-corrected chi connectivity index (χ4v) is 3.25. The second kappa shape index (κ2) is 7.63. The van der Waals surface area contributed by atoms with Gasteiger partial charge < -0.3 is 19.9 Å². The van der Waals surface area contributed by atoms with E-state index in [1.54, 1.807) is 19.1 Å². The van der Waals surface area contributed by atoms with Gasteiger partial charge in [0, 0.05) is 5.70 Å². The third-order valence-electron chi connectivity index (χ3n) is 4.67. The van der Waals surface area contributed by atoms with E-state index in [1.165, 1.54) is 17.9 Å². The molecule has 2 N–H and O–H groups in total. The molecule has 9 heteroatoms. The van der Waals surface area contributed by atoms with Crippen LogP contribution in [0, 0.1) is 0 Å². The lowest BCUT2D eigenvalue weighted by molar-refractivity contribution is -0.140. The number of aromatic nitrogens is 4. The van der Waals surface area contributed by atoms with Gasteiger partial charge >= 0.3 is 5.97 Å². The average molecular weight is 393 g/mol. The van der Waals surface area contributed by atoms with Crippen LogP contribution in [0.25, 0.3) is 0 Å². The highest BCUT2D eigenvalue weighted by molar-refractivity contribution is 5.92. The molecule has 29 heavy (non-hydrogen) atoms. The first-order valence-corrected chi connectivity index (χ1v) is 8.92. The standard InChI is InChI=1S/C20H19N5O4/c1-12-17(19(27)29-11-13-6-4-3-5-7-13)18(25-20(21-12)22-23-24-25)14-8-9-15(26)16(10-14)28-2/h3-10,18,26H,11H2,1-2H3,(H,21,22,24). The highest BCUT2D eigenvalue weighted by Crippen LogP contribution is 2.38. The van der Waals surface area contributed by atoms with E-state index in [0.29, 0.717) is 22.8 Å². The molecule has 4 rings (SSSR count). The number of tetrazole rings is 1. The number of ether oxygens (including phenoxy) is 2. The van der Waals surface area contributed by atoms with Crippen molar-refractivity contribution in [1.29, 1.82) is 0 Å². The summed E-state index contributed by atoms with van der Waals surface area (Å²) in [7, 11) is 1.46. The number of anilines is 1. The number of phenols is 1. The minimum atomic E-state index is -0.640. The van der Waals surface area contributed by atoms with Crippen molar-refractivity contribution in [3.8, 4) is 11.5 Å². The molecule has 0 radical (unpaired) electrons. The molecule has 9 nitrogen and oxygen atoms in total. The van der Waals surface area contributed by atoms with Crippen molar-refractivity contribution in [1.82, 2.24) is 20.2 Å². The van der Waals surface area contributed by atoms with E-state index in [-0.39, 0.29) is 18.1 Å². The number of phenolic OH excluding ortho intramolecular Hbond substituents is 1. The fraction of sp³-hybridized carbons (Fsp3) is 0.200. The molecule has 1 aromatic heterocycles. The molecule has 0 fully saturated rings. The molecule has 1 aliphatic heterocycles. The molecule has 0 bridgehead atoms. The Kier molecular flexibility index (Phi) is 4.86. The normalized spacial score (nSPS) is 15.4. The summed E-state index contributed by atoms with van der Waals surface area (Å²) in [6.07, 6.45) is 0. The minimum absolute atomic E-state index is 0.00368. The van der Waals surface area contributed by atoms with E-state index in [9.17, 15) is 9.90 Å². The van der Waals surface area contributed by atoms with Crippen LogP contribution in [-0.2, 0) is 16.1 Å². The van der Waals surface area contributed by atoms with Gasteiger partial charge in [-0.25, -0.2) is 4.79 Å². The number of hydrogen-bond donors (Lipinski definition) is 2. The number of nitrogens with zero attached hydrogens (tertiary/aromatic N) is 4. The Labute approximate surface area is 166 Å². The summed E-state index contributed by atoms with van der Waals surface area (Å²) in [5.41, 5.74) is 2.51. The lowest BCUT2D eigenvalue weighted by Crippen LogP contribution is -2.29. The number of methoxy groups -OCH3 is 1. The highest BCUT2D eigenvalue weighted by atomic mass is 16.5. The van der Waals surface area contributed by atoms with Gasteiger partial charge in [0.15, 0.2) is 11.5 Å². The fourth-order valence-electron chi connectivity index (χ4n) is 3.25. The summed E-state index contributed by atoms with van der Waals surface area (Å²) in [5.74, 6) is 0.192. The Morgan fingerprint density at radius 2 is 2.03 bits per heavy atom. The lowest BCUT2D eigenvalue weighted by atomic mass is 9.95. The number of fused-ring (bicyclic) bond motifs is 1. The van der Waals surface area contributed by atoms with Gasteiger partial charge in [0.25, 0.3) is 0 Å². The third kappa shape index (κ3) is 3.49. The van der Waals surface area contributed by atoms with Gasteiger partial charge in [0.05, 0.1) is 12.7 Å². The number of esters is 1. The summed E-state index contributed by atoms with van der Waals surface area (Å²) in [5, 5.41) is 24.7. The topological polar surface area (TPSA) is 111 Å². The van der Waals surface area contributed by atoms with Gasteiger partial charge in [-0.2, -0.15) is 4.68 Å². The Hall–Kier alpha value is -3.88. The molecule has 1 atom stereocenters. The van der Waals surface area contributed by atoms with Crippen LogP contribution in [0.5, 0.6) is 11.5 Å². The van der Waals surface area contributed by atoms with Crippen molar-refractivity contribution in [2.75, 3.05) is 12.4 Å². The van der Waals surface area contributed by atoms with Gasteiger partial charge in [-0.3, -0.25) is 0 Å². The molecule has 3 aromatic rings. The van der Waals surface area contributed by atoms with Crippen LogP contribution in [0.3, 0.4) is 0 Å². The molecule has 0 saturated heterocycles. The van der Waals surface area contributed by atoms with E-state index in [1.807, 2.05) is 30.3 Å². The monoisotopic (exact) mass is 393 g/mol. The zero-order valence-electron chi connectivity index (χ0n) is 15.9. The number of nitrogens with one attached hydrogen (secondary N) is 1. The first kappa shape index (κ1) is 18.5. The summed E-state index contributed by atoms with van der Waals surface area (Å²) in [4.78, 5) is 13.0. The van der Waals surface area contributed by atoms with E-state index in [4.69, 9.17) is 9.47 Å². The largest absolute Gasteiger partial charge is 0.504 e. The Morgan fingerprint density at radius 3 is 2.79 bits per heavy atom. The minimum Gasteiger partial charge on any atom is -0.504 e. The first-order chi connectivity index (χ1) is 14.1. The summed E-state index contributed by atoms with van der Waals surface area (Å²) in [6.45, 7) is 1.91. The molecular formula is C20H19N5O4. The third-order valence-corrected chi connectivity index (χ3v) is 4.67. The van der Waals surface area contributed by atoms with Crippen molar-refractivity contribution >= 4 is 11.9 Å². The lowest BCUT2D eigenvalue weighted by Gasteiger charge is -2.27. The predicted molar refractivity (Wildman–Crippen MR) is 103 cm³/mol. The maximum atomic E-state index is 13.0. The van der Waals surface area contributed by atoms with Crippen LogP contribution in [0.2, 0.25) is 0 Å². The maximum Gasteiger partial charge on any atom is 0.338 e. The Bertz CT molecular complexity index is 1080. The molecule has 0 amide bonds.